The lowest BCUT2D eigenvalue weighted by atomic mass is 9.43. The number of rotatable bonds is 1. The summed E-state index contributed by atoms with van der Waals surface area (Å²) in [5, 5.41) is 11.0. The average molecular weight is 304 g/mol. The summed E-state index contributed by atoms with van der Waals surface area (Å²) < 4.78 is 6.48. The second-order valence-electron chi connectivity index (χ2n) is 9.60. The fourth-order valence-corrected chi connectivity index (χ4v) is 6.95. The highest BCUT2D eigenvalue weighted by Crippen LogP contribution is 2.73. The summed E-state index contributed by atoms with van der Waals surface area (Å²) >= 11 is 0. The highest BCUT2D eigenvalue weighted by atomic mass is 16.6. The Morgan fingerprint density at radius 2 is 1.86 bits per heavy atom. The van der Waals surface area contributed by atoms with Crippen LogP contribution >= 0.6 is 0 Å². The van der Waals surface area contributed by atoms with Crippen molar-refractivity contribution in [2.45, 2.75) is 84.0 Å². The van der Waals surface area contributed by atoms with E-state index in [2.05, 4.69) is 33.4 Å². The van der Waals surface area contributed by atoms with Crippen LogP contribution in [-0.4, -0.2) is 17.0 Å². The molecule has 4 rings (SSSR count). The standard InChI is InChI=1S/C20H32O2/c1-5-18(4)11-12-19-14(13-18)8-10-20(22-16(19)21)15(19)7-6-9-17(20,2)3/h5,14-16,21H,1,6-13H2,2-4H3/t14-,15+,16?,18-,19+,20-/m1/s1. The number of ether oxygens (including phenoxy) is 1. The Bertz CT molecular complexity index is 498. The van der Waals surface area contributed by atoms with Crippen molar-refractivity contribution in [3.8, 4) is 0 Å². The van der Waals surface area contributed by atoms with Gasteiger partial charge in [-0.3, -0.25) is 0 Å². The highest BCUT2D eigenvalue weighted by Gasteiger charge is 2.73. The maximum atomic E-state index is 11.0. The number of hydrogen-bond acceptors (Lipinski definition) is 2. The van der Waals surface area contributed by atoms with Crippen LogP contribution in [0.15, 0.2) is 12.7 Å². The molecule has 3 saturated carbocycles. The molecule has 2 nitrogen and oxygen atoms in total. The van der Waals surface area contributed by atoms with Gasteiger partial charge in [-0.05, 0) is 67.6 Å². The molecule has 1 heterocycles. The van der Waals surface area contributed by atoms with Gasteiger partial charge in [0.25, 0.3) is 0 Å². The Balaban J connectivity index is 1.77. The minimum atomic E-state index is -0.545. The Kier molecular flexibility index (Phi) is 3.03. The first kappa shape index (κ1) is 15.2. The first-order valence-electron chi connectivity index (χ1n) is 9.29. The van der Waals surface area contributed by atoms with Gasteiger partial charge >= 0.3 is 0 Å². The summed E-state index contributed by atoms with van der Waals surface area (Å²) in [6.07, 6.45) is 11.2. The first-order chi connectivity index (χ1) is 10.3. The van der Waals surface area contributed by atoms with Crippen LogP contribution in [0.25, 0.3) is 0 Å². The second kappa shape index (κ2) is 4.39. The molecular formula is C20H32O2. The van der Waals surface area contributed by atoms with Gasteiger partial charge in [-0.1, -0.05) is 33.3 Å². The van der Waals surface area contributed by atoms with Crippen LogP contribution < -0.4 is 0 Å². The molecule has 1 aliphatic heterocycles. The molecule has 0 aromatic heterocycles. The van der Waals surface area contributed by atoms with E-state index < -0.39 is 6.29 Å². The third-order valence-corrected chi connectivity index (χ3v) is 8.39. The molecule has 0 aromatic rings. The second-order valence-corrected chi connectivity index (χ2v) is 9.60. The minimum absolute atomic E-state index is 0.0263. The predicted octanol–water partition coefficient (Wildman–Crippen LogP) is 4.67. The fraction of sp³-hybridized carbons (Fsp3) is 0.900. The van der Waals surface area contributed by atoms with E-state index in [9.17, 15) is 5.11 Å². The summed E-state index contributed by atoms with van der Waals surface area (Å²) in [7, 11) is 0. The summed E-state index contributed by atoms with van der Waals surface area (Å²) in [4.78, 5) is 0. The molecule has 0 aromatic carbocycles. The Morgan fingerprint density at radius 3 is 2.59 bits per heavy atom. The van der Waals surface area contributed by atoms with Gasteiger partial charge in [-0.15, -0.1) is 6.58 Å². The molecule has 22 heavy (non-hydrogen) atoms. The molecule has 6 atom stereocenters. The van der Waals surface area contributed by atoms with E-state index in [4.69, 9.17) is 4.74 Å². The Morgan fingerprint density at radius 1 is 1.09 bits per heavy atom. The third kappa shape index (κ3) is 1.59. The first-order valence-corrected chi connectivity index (χ1v) is 9.29. The van der Waals surface area contributed by atoms with Gasteiger partial charge in [0.2, 0.25) is 0 Å². The van der Waals surface area contributed by atoms with Crippen LogP contribution in [0.1, 0.15) is 72.1 Å². The van der Waals surface area contributed by atoms with Gasteiger partial charge in [-0.25, -0.2) is 0 Å². The van der Waals surface area contributed by atoms with Gasteiger partial charge in [0.15, 0.2) is 6.29 Å². The van der Waals surface area contributed by atoms with Crippen molar-refractivity contribution in [3.63, 3.8) is 0 Å². The molecular weight excluding hydrogens is 272 g/mol. The van der Waals surface area contributed by atoms with Gasteiger partial charge in [0.05, 0.1) is 5.60 Å². The number of hydrogen-bond donors (Lipinski definition) is 1. The van der Waals surface area contributed by atoms with Crippen molar-refractivity contribution in [2.75, 3.05) is 0 Å². The predicted molar refractivity (Wildman–Crippen MR) is 88.3 cm³/mol. The monoisotopic (exact) mass is 304 g/mol. The van der Waals surface area contributed by atoms with Crippen LogP contribution in [0, 0.1) is 28.1 Å². The molecule has 3 aliphatic carbocycles. The highest BCUT2D eigenvalue weighted by molar-refractivity contribution is 5.20. The Hall–Kier alpha value is -0.340. The molecule has 1 unspecified atom stereocenters. The molecule has 0 amide bonds. The van der Waals surface area contributed by atoms with Crippen LogP contribution in [0.5, 0.6) is 0 Å². The molecule has 0 radical (unpaired) electrons. The molecule has 1 spiro atoms. The maximum Gasteiger partial charge on any atom is 0.161 e. The van der Waals surface area contributed by atoms with Crippen molar-refractivity contribution < 1.29 is 9.84 Å². The lowest BCUT2D eigenvalue weighted by Gasteiger charge is -2.60. The van der Waals surface area contributed by atoms with E-state index in [-0.39, 0.29) is 21.8 Å². The topological polar surface area (TPSA) is 29.5 Å². The van der Waals surface area contributed by atoms with Crippen molar-refractivity contribution in [1.82, 2.24) is 0 Å². The zero-order valence-electron chi connectivity index (χ0n) is 14.5. The van der Waals surface area contributed by atoms with Crippen LogP contribution in [0.3, 0.4) is 0 Å². The lowest BCUT2D eigenvalue weighted by molar-refractivity contribution is -0.203. The van der Waals surface area contributed by atoms with Crippen molar-refractivity contribution in [1.29, 1.82) is 0 Å². The molecule has 1 saturated heterocycles. The van der Waals surface area contributed by atoms with E-state index in [0.29, 0.717) is 11.8 Å². The maximum absolute atomic E-state index is 11.0. The zero-order valence-corrected chi connectivity index (χ0v) is 14.5. The van der Waals surface area contributed by atoms with Gasteiger partial charge in [0.1, 0.15) is 0 Å². The third-order valence-electron chi connectivity index (χ3n) is 8.39. The van der Waals surface area contributed by atoms with Crippen molar-refractivity contribution in [2.24, 2.45) is 28.1 Å². The molecule has 1 N–H and O–H groups in total. The van der Waals surface area contributed by atoms with E-state index in [1.165, 1.54) is 32.1 Å². The van der Waals surface area contributed by atoms with E-state index in [1.807, 2.05) is 0 Å². The minimum Gasteiger partial charge on any atom is -0.367 e. The van der Waals surface area contributed by atoms with Gasteiger partial charge in [0, 0.05) is 5.41 Å². The number of aliphatic hydroxyl groups is 1. The van der Waals surface area contributed by atoms with Crippen LogP contribution in [0.2, 0.25) is 0 Å². The van der Waals surface area contributed by atoms with E-state index >= 15 is 0 Å². The quantitative estimate of drug-likeness (QED) is 0.713. The molecule has 4 aliphatic rings. The molecule has 4 fully saturated rings. The Labute approximate surface area is 135 Å². The van der Waals surface area contributed by atoms with Crippen molar-refractivity contribution >= 4 is 0 Å². The molecule has 2 heteroatoms. The SMILES string of the molecule is C=C[C@]1(C)CC[C@]23C(O)O[C@]4(CC[C@@H]2C1)[C@H]3CCCC4(C)C. The largest absolute Gasteiger partial charge is 0.367 e. The van der Waals surface area contributed by atoms with E-state index in [1.54, 1.807) is 0 Å². The lowest BCUT2D eigenvalue weighted by Crippen LogP contribution is -2.60. The average Bonchev–Trinajstić information content (AvgIpc) is 2.64. The van der Waals surface area contributed by atoms with E-state index in [0.717, 1.165) is 19.3 Å². The summed E-state index contributed by atoms with van der Waals surface area (Å²) in [6.45, 7) is 11.2. The normalized spacial score (nSPS) is 56.1. The summed E-state index contributed by atoms with van der Waals surface area (Å²) in [6, 6.07) is 0. The van der Waals surface area contributed by atoms with Gasteiger partial charge < -0.3 is 9.84 Å². The fourth-order valence-electron chi connectivity index (χ4n) is 6.95. The summed E-state index contributed by atoms with van der Waals surface area (Å²) in [5.41, 5.74) is 0.411. The summed E-state index contributed by atoms with van der Waals surface area (Å²) in [5.74, 6) is 1.17. The van der Waals surface area contributed by atoms with Crippen LogP contribution in [-0.2, 0) is 4.74 Å². The van der Waals surface area contributed by atoms with Crippen LogP contribution in [0.4, 0.5) is 0 Å². The number of aliphatic hydroxyl groups excluding tert-OH is 1. The smallest absolute Gasteiger partial charge is 0.161 e. The molecule has 2 bridgehead atoms. The molecule has 124 valence electrons. The zero-order chi connectivity index (χ0) is 15.8. The van der Waals surface area contributed by atoms with Crippen molar-refractivity contribution in [3.05, 3.63) is 12.7 Å². The van der Waals surface area contributed by atoms with Gasteiger partial charge in [-0.2, -0.15) is 0 Å². The number of allylic oxidation sites excluding steroid dienone is 1.